The summed E-state index contributed by atoms with van der Waals surface area (Å²) in [6.45, 7) is 1.93. The Labute approximate surface area is 157 Å². The molecular formula is C19H24N6O2. The number of fused-ring (bicyclic) bond motifs is 1. The number of nitrogens with zero attached hydrogens (tertiary/aromatic N) is 5. The quantitative estimate of drug-likeness (QED) is 0.758. The molecule has 0 unspecified atom stereocenters. The van der Waals surface area contributed by atoms with E-state index in [0.717, 1.165) is 48.9 Å². The maximum Gasteiger partial charge on any atom is 0.270 e. The Hall–Kier alpha value is -2.90. The molecule has 0 spiro atoms. The molecule has 1 N–H and O–H groups in total. The van der Waals surface area contributed by atoms with Gasteiger partial charge in [-0.25, -0.2) is 4.98 Å². The van der Waals surface area contributed by atoms with Crippen molar-refractivity contribution in [3.05, 3.63) is 34.0 Å². The Morgan fingerprint density at radius 3 is 2.67 bits per heavy atom. The van der Waals surface area contributed by atoms with Crippen LogP contribution in [0.15, 0.2) is 6.20 Å². The van der Waals surface area contributed by atoms with Crippen LogP contribution in [0.4, 0.5) is 0 Å². The maximum atomic E-state index is 12.7. The van der Waals surface area contributed by atoms with Gasteiger partial charge in [0.15, 0.2) is 0 Å². The number of rotatable bonds is 5. The van der Waals surface area contributed by atoms with Gasteiger partial charge in [-0.15, -0.1) is 0 Å². The zero-order valence-corrected chi connectivity index (χ0v) is 15.7. The second kappa shape index (κ2) is 7.02. The van der Waals surface area contributed by atoms with E-state index in [9.17, 15) is 9.59 Å². The molecule has 8 nitrogen and oxygen atoms in total. The molecule has 2 amide bonds. The maximum absolute atomic E-state index is 12.7. The van der Waals surface area contributed by atoms with Gasteiger partial charge in [-0.3, -0.25) is 14.3 Å². The highest BCUT2D eigenvalue weighted by Gasteiger charge is 2.28. The Kier molecular flexibility index (Phi) is 4.55. The highest BCUT2D eigenvalue weighted by atomic mass is 16.2. The van der Waals surface area contributed by atoms with Gasteiger partial charge in [0, 0.05) is 40.2 Å². The molecule has 3 heterocycles. The van der Waals surface area contributed by atoms with Gasteiger partial charge in [-0.2, -0.15) is 5.10 Å². The predicted molar refractivity (Wildman–Crippen MR) is 100 cm³/mol. The molecule has 1 fully saturated rings. The summed E-state index contributed by atoms with van der Waals surface area (Å²) in [7, 11) is 3.68. The van der Waals surface area contributed by atoms with Gasteiger partial charge in [-0.05, 0) is 19.3 Å². The van der Waals surface area contributed by atoms with E-state index in [-0.39, 0.29) is 11.8 Å². The van der Waals surface area contributed by atoms with Crippen molar-refractivity contribution in [2.75, 3.05) is 19.6 Å². The molecule has 27 heavy (non-hydrogen) atoms. The number of carbonyl (C=O) groups is 2. The van der Waals surface area contributed by atoms with Crippen molar-refractivity contribution in [1.82, 2.24) is 29.5 Å². The molecule has 1 saturated heterocycles. The summed E-state index contributed by atoms with van der Waals surface area (Å²) in [5.74, 6) is 0.537. The van der Waals surface area contributed by atoms with Crippen molar-refractivity contribution >= 4 is 24.0 Å². The van der Waals surface area contributed by atoms with E-state index < -0.39 is 0 Å². The largest absolute Gasteiger partial charge is 0.350 e. The topological polar surface area (TPSA) is 85.1 Å². The Morgan fingerprint density at radius 1 is 1.19 bits per heavy atom. The van der Waals surface area contributed by atoms with Crippen LogP contribution in [-0.2, 0) is 20.5 Å². The molecule has 2 aromatic rings. The summed E-state index contributed by atoms with van der Waals surface area (Å²) in [6, 6.07) is 0. The van der Waals surface area contributed by atoms with E-state index in [1.54, 1.807) is 11.9 Å². The lowest BCUT2D eigenvalue weighted by Crippen LogP contribution is -2.43. The molecular weight excluding hydrogens is 344 g/mol. The van der Waals surface area contributed by atoms with Crippen LogP contribution in [0, 0.1) is 0 Å². The summed E-state index contributed by atoms with van der Waals surface area (Å²) in [6.07, 6.45) is 9.54. The second-order valence-electron chi connectivity index (χ2n) is 7.03. The van der Waals surface area contributed by atoms with Crippen molar-refractivity contribution in [1.29, 1.82) is 0 Å². The van der Waals surface area contributed by atoms with Crippen molar-refractivity contribution < 1.29 is 9.59 Å². The van der Waals surface area contributed by atoms with E-state index >= 15 is 0 Å². The van der Waals surface area contributed by atoms with E-state index in [1.807, 2.05) is 7.05 Å². The van der Waals surface area contributed by atoms with Gasteiger partial charge < -0.3 is 14.8 Å². The first-order valence-electron chi connectivity index (χ1n) is 9.37. The predicted octanol–water partition coefficient (Wildman–Crippen LogP) is -0.673. The molecule has 0 radical (unpaired) electrons. The third kappa shape index (κ3) is 3.15. The highest BCUT2D eigenvalue weighted by molar-refractivity contribution is 6.06. The smallest absolute Gasteiger partial charge is 0.270 e. The zero-order chi connectivity index (χ0) is 19.0. The first-order valence-corrected chi connectivity index (χ1v) is 9.37. The van der Waals surface area contributed by atoms with Crippen molar-refractivity contribution in [2.45, 2.75) is 25.7 Å². The number of nitrogens with one attached hydrogen (secondary N) is 1. The van der Waals surface area contributed by atoms with Gasteiger partial charge in [0.1, 0.15) is 11.5 Å². The van der Waals surface area contributed by atoms with Crippen LogP contribution in [-0.4, -0.2) is 55.7 Å². The fourth-order valence-corrected chi connectivity index (χ4v) is 3.56. The SMILES string of the molecule is Cn1ncc(C(=O)N2CCC2)c1C(=O)NCCc1nc2c(n1C)=CCCC=2. The molecule has 0 atom stereocenters. The number of likely N-dealkylation sites (tertiary alicyclic amines) is 1. The molecule has 2 aliphatic rings. The molecule has 8 heteroatoms. The number of aromatic nitrogens is 4. The minimum absolute atomic E-state index is 0.123. The standard InChI is InChI=1S/C19H24N6O2/c1-23-15-7-4-3-6-14(15)22-16(23)8-9-20-18(26)17-13(12-21-24(17)2)19(27)25-10-5-11-25/h6-7,12H,3-5,8-11H2,1-2H3,(H,20,26). The number of carbonyl (C=O) groups excluding carboxylic acids is 2. The third-order valence-corrected chi connectivity index (χ3v) is 5.26. The van der Waals surface area contributed by atoms with Crippen LogP contribution in [0.1, 0.15) is 45.9 Å². The summed E-state index contributed by atoms with van der Waals surface area (Å²) >= 11 is 0. The lowest BCUT2D eigenvalue weighted by molar-refractivity contribution is 0.0647. The van der Waals surface area contributed by atoms with E-state index in [0.29, 0.717) is 24.2 Å². The van der Waals surface area contributed by atoms with Gasteiger partial charge in [0.2, 0.25) is 0 Å². The van der Waals surface area contributed by atoms with Gasteiger partial charge in [-0.1, -0.05) is 12.2 Å². The average Bonchev–Trinajstić information content (AvgIpc) is 3.14. The number of imidazole rings is 1. The van der Waals surface area contributed by atoms with Crippen LogP contribution < -0.4 is 16.0 Å². The first kappa shape index (κ1) is 17.5. The monoisotopic (exact) mass is 368 g/mol. The van der Waals surface area contributed by atoms with Crippen molar-refractivity contribution in [2.24, 2.45) is 14.1 Å². The van der Waals surface area contributed by atoms with Crippen molar-refractivity contribution in [3.63, 3.8) is 0 Å². The van der Waals surface area contributed by atoms with E-state index in [4.69, 9.17) is 0 Å². The van der Waals surface area contributed by atoms with Crippen LogP contribution in [0.3, 0.4) is 0 Å². The van der Waals surface area contributed by atoms with Gasteiger partial charge in [0.05, 0.1) is 22.5 Å². The average molecular weight is 368 g/mol. The van der Waals surface area contributed by atoms with Crippen LogP contribution in [0.25, 0.3) is 12.2 Å². The Bertz CT molecular complexity index is 1010. The molecule has 0 aromatic carbocycles. The molecule has 1 aliphatic carbocycles. The second-order valence-corrected chi connectivity index (χ2v) is 7.03. The van der Waals surface area contributed by atoms with Crippen LogP contribution in [0.2, 0.25) is 0 Å². The lowest BCUT2D eigenvalue weighted by atomic mass is 10.1. The molecule has 4 rings (SSSR count). The number of hydrogen-bond donors (Lipinski definition) is 1. The van der Waals surface area contributed by atoms with Gasteiger partial charge >= 0.3 is 0 Å². The highest BCUT2D eigenvalue weighted by Crippen LogP contribution is 2.15. The van der Waals surface area contributed by atoms with Gasteiger partial charge in [0.25, 0.3) is 11.8 Å². The summed E-state index contributed by atoms with van der Waals surface area (Å²) in [5.41, 5.74) is 0.680. The fourth-order valence-electron chi connectivity index (χ4n) is 3.56. The minimum atomic E-state index is -0.282. The number of hydrogen-bond acceptors (Lipinski definition) is 4. The van der Waals surface area contributed by atoms with E-state index in [1.165, 1.54) is 10.9 Å². The minimum Gasteiger partial charge on any atom is -0.350 e. The molecule has 2 aromatic heterocycles. The van der Waals surface area contributed by atoms with Crippen LogP contribution in [0.5, 0.6) is 0 Å². The first-order chi connectivity index (χ1) is 13.1. The molecule has 1 aliphatic heterocycles. The molecule has 0 bridgehead atoms. The lowest BCUT2D eigenvalue weighted by Gasteiger charge is -2.30. The third-order valence-electron chi connectivity index (χ3n) is 5.26. The summed E-state index contributed by atoms with van der Waals surface area (Å²) in [4.78, 5) is 31.6. The molecule has 142 valence electrons. The number of aryl methyl sites for hydroxylation is 1. The molecule has 0 saturated carbocycles. The summed E-state index contributed by atoms with van der Waals surface area (Å²) < 4.78 is 3.55. The normalized spacial score (nSPS) is 15.4. The fraction of sp³-hybridized carbons (Fsp3) is 0.474. The summed E-state index contributed by atoms with van der Waals surface area (Å²) in [5, 5.41) is 9.19. The van der Waals surface area contributed by atoms with E-state index in [2.05, 4.69) is 32.1 Å². The number of amides is 2. The zero-order valence-electron chi connectivity index (χ0n) is 15.7. The van der Waals surface area contributed by atoms with Crippen LogP contribution >= 0.6 is 0 Å². The Morgan fingerprint density at radius 2 is 1.96 bits per heavy atom. The van der Waals surface area contributed by atoms with Crippen molar-refractivity contribution in [3.8, 4) is 0 Å². The Balaban J connectivity index is 1.44.